The summed E-state index contributed by atoms with van der Waals surface area (Å²) in [6.07, 6.45) is -0.173. The average Bonchev–Trinajstić information content (AvgIpc) is 3.13. The third kappa shape index (κ3) is 3.57. The van der Waals surface area contributed by atoms with Gasteiger partial charge in [0.25, 0.3) is 0 Å². The minimum Gasteiger partial charge on any atom is -0.489 e. The first-order chi connectivity index (χ1) is 15.1. The number of carboxylic acids is 1. The number of aromatic nitrogens is 3. The molecule has 166 valence electrons. The van der Waals surface area contributed by atoms with Gasteiger partial charge >= 0.3 is 16.2 Å². The molecule has 4 rings (SSSR count). The van der Waals surface area contributed by atoms with Gasteiger partial charge in [-0.15, -0.1) is 0 Å². The molecule has 9 nitrogen and oxygen atoms in total. The van der Waals surface area contributed by atoms with Gasteiger partial charge < -0.3 is 9.84 Å². The molecule has 0 saturated heterocycles. The van der Waals surface area contributed by atoms with Crippen molar-refractivity contribution in [2.24, 2.45) is 0 Å². The van der Waals surface area contributed by atoms with Crippen LogP contribution in [-0.2, 0) is 10.2 Å². The molecule has 32 heavy (non-hydrogen) atoms. The molecular weight excluding hydrogens is 432 g/mol. The zero-order valence-corrected chi connectivity index (χ0v) is 18.8. The number of nitrogens with zero attached hydrogens (tertiary/aromatic N) is 4. The van der Waals surface area contributed by atoms with E-state index in [1.165, 1.54) is 20.2 Å². The first-order valence-electron chi connectivity index (χ1n) is 9.86. The van der Waals surface area contributed by atoms with Crippen molar-refractivity contribution in [2.45, 2.75) is 20.0 Å². The van der Waals surface area contributed by atoms with Crippen LogP contribution in [-0.4, -0.2) is 57.9 Å². The zero-order chi connectivity index (χ0) is 23.2. The standard InChI is InChI=1S/C22H22N4O5S/c1-13(2)31-18-11-7-10-17-20(18)24-21(26(17)32(29,30)25(3)4)19-15(22(27)28)12-14-8-5-6-9-16(14)23-19/h5-13H,1-4H3,(H,27,28). The number of carboxylic acid groups (broad SMARTS) is 1. The number of aromatic carboxylic acids is 1. The molecule has 0 aliphatic rings. The second-order valence-corrected chi connectivity index (χ2v) is 9.65. The highest BCUT2D eigenvalue weighted by atomic mass is 32.2. The van der Waals surface area contributed by atoms with Crippen LogP contribution in [0.2, 0.25) is 0 Å². The van der Waals surface area contributed by atoms with E-state index in [4.69, 9.17) is 4.74 Å². The molecule has 0 aliphatic carbocycles. The van der Waals surface area contributed by atoms with E-state index < -0.39 is 16.2 Å². The molecular formula is C22H22N4O5S. The predicted octanol–water partition coefficient (Wildman–Crippen LogP) is 3.39. The Hall–Kier alpha value is -3.50. The smallest absolute Gasteiger partial charge is 0.338 e. The Labute approximate surface area is 185 Å². The summed E-state index contributed by atoms with van der Waals surface area (Å²) in [6, 6.07) is 13.4. The van der Waals surface area contributed by atoms with Crippen molar-refractivity contribution >= 4 is 38.1 Å². The first-order valence-corrected chi connectivity index (χ1v) is 11.3. The van der Waals surface area contributed by atoms with Crippen molar-refractivity contribution < 1.29 is 23.1 Å². The van der Waals surface area contributed by atoms with E-state index in [-0.39, 0.29) is 28.7 Å². The quantitative estimate of drug-likeness (QED) is 0.475. The monoisotopic (exact) mass is 454 g/mol. The number of fused-ring (bicyclic) bond motifs is 2. The summed E-state index contributed by atoms with van der Waals surface area (Å²) >= 11 is 0. The fourth-order valence-corrected chi connectivity index (χ4v) is 4.47. The normalized spacial score (nSPS) is 12.2. The Balaban J connectivity index is 2.15. The lowest BCUT2D eigenvalue weighted by Gasteiger charge is -2.16. The van der Waals surface area contributed by atoms with Crippen molar-refractivity contribution in [3.05, 3.63) is 54.1 Å². The summed E-state index contributed by atoms with van der Waals surface area (Å²) in [5, 5.41) is 10.5. The SMILES string of the molecule is CC(C)Oc1cccc2c1nc(-c1nc3ccccc3cc1C(=O)O)n2S(=O)(=O)N(C)C. The lowest BCUT2D eigenvalue weighted by atomic mass is 10.1. The Kier molecular flexibility index (Phi) is 5.35. The molecule has 0 radical (unpaired) electrons. The van der Waals surface area contributed by atoms with Crippen molar-refractivity contribution in [1.82, 2.24) is 18.2 Å². The van der Waals surface area contributed by atoms with Crippen LogP contribution in [0.25, 0.3) is 33.5 Å². The van der Waals surface area contributed by atoms with E-state index in [0.717, 1.165) is 8.28 Å². The number of rotatable bonds is 6. The lowest BCUT2D eigenvalue weighted by Crippen LogP contribution is -2.29. The Morgan fingerprint density at radius 3 is 2.47 bits per heavy atom. The molecule has 4 aromatic rings. The van der Waals surface area contributed by atoms with E-state index in [1.54, 1.807) is 42.5 Å². The molecule has 2 heterocycles. The van der Waals surface area contributed by atoms with Gasteiger partial charge in [-0.3, -0.25) is 0 Å². The number of ether oxygens (including phenoxy) is 1. The Morgan fingerprint density at radius 2 is 1.81 bits per heavy atom. The van der Waals surface area contributed by atoms with Gasteiger partial charge in [0, 0.05) is 19.5 Å². The molecule has 2 aromatic heterocycles. The molecule has 0 unspecified atom stereocenters. The van der Waals surface area contributed by atoms with Gasteiger partial charge in [0.15, 0.2) is 5.82 Å². The van der Waals surface area contributed by atoms with E-state index in [2.05, 4.69) is 9.97 Å². The maximum atomic E-state index is 13.3. The van der Waals surface area contributed by atoms with E-state index in [0.29, 0.717) is 22.2 Å². The molecule has 0 spiro atoms. The van der Waals surface area contributed by atoms with Crippen molar-refractivity contribution in [3.8, 4) is 17.3 Å². The zero-order valence-electron chi connectivity index (χ0n) is 18.0. The molecule has 10 heteroatoms. The maximum Gasteiger partial charge on any atom is 0.338 e. The molecule has 2 aromatic carbocycles. The lowest BCUT2D eigenvalue weighted by molar-refractivity contribution is 0.0697. The Bertz CT molecular complexity index is 1460. The van der Waals surface area contributed by atoms with E-state index in [9.17, 15) is 18.3 Å². The van der Waals surface area contributed by atoms with E-state index >= 15 is 0 Å². The minimum absolute atomic E-state index is 0.0479. The van der Waals surface area contributed by atoms with Crippen LogP contribution in [0.5, 0.6) is 5.75 Å². The minimum atomic E-state index is -4.08. The van der Waals surface area contributed by atoms with Crippen LogP contribution in [0.1, 0.15) is 24.2 Å². The number of pyridine rings is 1. The summed E-state index contributed by atoms with van der Waals surface area (Å²) in [4.78, 5) is 21.1. The van der Waals surface area contributed by atoms with Crippen molar-refractivity contribution in [1.29, 1.82) is 0 Å². The topological polar surface area (TPSA) is 115 Å². The third-order valence-corrected chi connectivity index (χ3v) is 6.58. The number of carbonyl (C=O) groups is 1. The summed E-state index contributed by atoms with van der Waals surface area (Å²) in [5.41, 5.74) is 0.881. The number of hydrogen-bond acceptors (Lipinski definition) is 6. The highest BCUT2D eigenvalue weighted by Gasteiger charge is 2.30. The van der Waals surface area contributed by atoms with Gasteiger partial charge in [-0.05, 0) is 38.1 Å². The molecule has 0 saturated carbocycles. The first kappa shape index (κ1) is 21.7. The van der Waals surface area contributed by atoms with Crippen LogP contribution in [0.15, 0.2) is 48.5 Å². The molecule has 0 amide bonds. The molecule has 0 atom stereocenters. The van der Waals surface area contributed by atoms with Crippen LogP contribution in [0.4, 0.5) is 0 Å². The fourth-order valence-electron chi connectivity index (χ4n) is 3.40. The second-order valence-electron chi connectivity index (χ2n) is 7.66. The van der Waals surface area contributed by atoms with Gasteiger partial charge in [-0.1, -0.05) is 24.3 Å². The largest absolute Gasteiger partial charge is 0.489 e. The number of imidazole rings is 1. The molecule has 0 aliphatic heterocycles. The summed E-state index contributed by atoms with van der Waals surface area (Å²) < 4.78 is 34.5. The summed E-state index contributed by atoms with van der Waals surface area (Å²) in [7, 11) is -1.29. The average molecular weight is 455 g/mol. The highest BCUT2D eigenvalue weighted by molar-refractivity contribution is 7.87. The van der Waals surface area contributed by atoms with Gasteiger partial charge in [-0.2, -0.15) is 12.7 Å². The van der Waals surface area contributed by atoms with Crippen molar-refractivity contribution in [3.63, 3.8) is 0 Å². The van der Waals surface area contributed by atoms with Gasteiger partial charge in [0.1, 0.15) is 17.0 Å². The van der Waals surface area contributed by atoms with Crippen LogP contribution in [0, 0.1) is 0 Å². The molecule has 0 fully saturated rings. The molecule has 0 bridgehead atoms. The van der Waals surface area contributed by atoms with E-state index in [1.807, 2.05) is 13.8 Å². The number of hydrogen-bond donors (Lipinski definition) is 1. The number of para-hydroxylation sites is 2. The highest BCUT2D eigenvalue weighted by Crippen LogP contribution is 2.34. The van der Waals surface area contributed by atoms with Gasteiger partial charge in [0.2, 0.25) is 0 Å². The fraction of sp³-hybridized carbons (Fsp3) is 0.227. The van der Waals surface area contributed by atoms with Crippen LogP contribution < -0.4 is 4.74 Å². The van der Waals surface area contributed by atoms with Gasteiger partial charge in [0.05, 0.1) is 22.7 Å². The summed E-state index contributed by atoms with van der Waals surface area (Å²) in [6.45, 7) is 3.70. The Morgan fingerprint density at radius 1 is 1.09 bits per heavy atom. The number of benzene rings is 2. The van der Waals surface area contributed by atoms with Crippen LogP contribution >= 0.6 is 0 Å². The second kappa shape index (κ2) is 7.88. The van der Waals surface area contributed by atoms with Crippen molar-refractivity contribution in [2.75, 3.05) is 14.1 Å². The molecule has 1 N–H and O–H groups in total. The summed E-state index contributed by atoms with van der Waals surface area (Å²) in [5.74, 6) is -0.946. The third-order valence-electron chi connectivity index (χ3n) is 4.83. The maximum absolute atomic E-state index is 13.3. The van der Waals surface area contributed by atoms with Gasteiger partial charge in [-0.25, -0.2) is 18.7 Å². The van der Waals surface area contributed by atoms with Crippen LogP contribution in [0.3, 0.4) is 0 Å². The predicted molar refractivity (Wildman–Crippen MR) is 121 cm³/mol.